The fraction of sp³-hybridized carbons (Fsp3) is 0.333. The number of hydrogen-bond donors (Lipinski definition) is 1. The molecular weight excluding hydrogens is 390 g/mol. The minimum atomic E-state index is -3.23. The monoisotopic (exact) mass is 409 g/mol. The molecule has 0 unspecified atom stereocenters. The molecule has 1 aliphatic rings. The van der Waals surface area contributed by atoms with E-state index in [1.807, 2.05) is 0 Å². The Morgan fingerprint density at radius 1 is 1.26 bits per heavy atom. The number of carbonyl (C=O) groups is 2. The highest BCUT2D eigenvalue weighted by Gasteiger charge is 2.17. The molecule has 0 aliphatic carbocycles. The number of thiophene rings is 1. The second-order valence-electron chi connectivity index (χ2n) is 6.10. The lowest BCUT2D eigenvalue weighted by Gasteiger charge is -2.05. The van der Waals surface area contributed by atoms with Crippen molar-refractivity contribution in [1.29, 1.82) is 0 Å². The average molecular weight is 409 g/mol. The Morgan fingerprint density at radius 3 is 2.85 bits per heavy atom. The van der Waals surface area contributed by atoms with Crippen LogP contribution in [0.3, 0.4) is 0 Å². The van der Waals surface area contributed by atoms with Crippen molar-refractivity contribution in [3.05, 3.63) is 51.2 Å². The highest BCUT2D eigenvalue weighted by Crippen LogP contribution is 2.26. The number of ether oxygens (including phenoxy) is 2. The van der Waals surface area contributed by atoms with Crippen LogP contribution in [0.4, 0.5) is 0 Å². The first-order chi connectivity index (χ1) is 12.8. The molecule has 2 heterocycles. The summed E-state index contributed by atoms with van der Waals surface area (Å²) in [7, 11) is -3.23. The van der Waals surface area contributed by atoms with Crippen LogP contribution in [-0.4, -0.2) is 46.2 Å². The topological polar surface area (TPSA) is 98.8 Å². The van der Waals surface area contributed by atoms with Gasteiger partial charge in [0.05, 0.1) is 23.3 Å². The molecule has 27 heavy (non-hydrogen) atoms. The zero-order chi connectivity index (χ0) is 19.4. The first-order valence-corrected chi connectivity index (χ1v) is 11.0. The number of ketones is 1. The average Bonchev–Trinajstić information content (AvgIpc) is 3.26. The van der Waals surface area contributed by atoms with Gasteiger partial charge in [0.1, 0.15) is 5.75 Å². The van der Waals surface area contributed by atoms with Crippen LogP contribution >= 0.6 is 11.3 Å². The molecule has 3 rings (SSSR count). The van der Waals surface area contributed by atoms with Crippen molar-refractivity contribution in [3.63, 3.8) is 0 Å². The zero-order valence-electron chi connectivity index (χ0n) is 14.7. The summed E-state index contributed by atoms with van der Waals surface area (Å²) in [6.45, 7) is 0.532. The molecular formula is C18H19NO6S2. The fourth-order valence-corrected chi connectivity index (χ4v) is 4.03. The van der Waals surface area contributed by atoms with Crippen LogP contribution in [0.15, 0.2) is 30.3 Å². The van der Waals surface area contributed by atoms with E-state index < -0.39 is 16.0 Å². The number of fused-ring (bicyclic) bond motifs is 1. The maximum absolute atomic E-state index is 12.2. The summed E-state index contributed by atoms with van der Waals surface area (Å²) in [4.78, 5) is 25.7. The molecule has 0 amide bonds. The number of rotatable bonds is 8. The largest absolute Gasteiger partial charge is 0.493 e. The van der Waals surface area contributed by atoms with Gasteiger partial charge in [-0.1, -0.05) is 0 Å². The number of sulfonamides is 1. The zero-order valence-corrected chi connectivity index (χ0v) is 16.3. The molecule has 0 saturated carbocycles. The SMILES string of the molecule is CS(=O)(=O)NCCc1ccc(C(=O)COC(=O)c2ccc3c(c2)CCO3)s1. The standard InChI is InChI=1S/C18H19NO6S2/c1-27(22,23)19-8-6-14-3-5-17(26-14)15(20)11-25-18(21)13-2-4-16-12(10-13)7-9-24-16/h2-5,10,19H,6-9,11H2,1H3. The van der Waals surface area contributed by atoms with Crippen molar-refractivity contribution in [3.8, 4) is 5.75 Å². The molecule has 7 nitrogen and oxygen atoms in total. The third kappa shape index (κ3) is 5.38. The molecule has 1 aromatic heterocycles. The molecule has 1 aromatic carbocycles. The first-order valence-electron chi connectivity index (χ1n) is 8.31. The Bertz CT molecular complexity index is 964. The van der Waals surface area contributed by atoms with Gasteiger partial charge in [0.2, 0.25) is 15.8 Å². The molecule has 0 spiro atoms. The predicted molar refractivity (Wildman–Crippen MR) is 101 cm³/mol. The van der Waals surface area contributed by atoms with Crippen LogP contribution in [0.1, 0.15) is 30.5 Å². The van der Waals surface area contributed by atoms with Gasteiger partial charge in [-0.2, -0.15) is 0 Å². The lowest BCUT2D eigenvalue weighted by Crippen LogP contribution is -2.24. The summed E-state index contributed by atoms with van der Waals surface area (Å²) in [5, 5.41) is 0. The summed E-state index contributed by atoms with van der Waals surface area (Å²) in [5.74, 6) is -0.0635. The van der Waals surface area contributed by atoms with Gasteiger partial charge >= 0.3 is 5.97 Å². The highest BCUT2D eigenvalue weighted by molar-refractivity contribution is 7.88. The van der Waals surface area contributed by atoms with Gasteiger partial charge in [-0.25, -0.2) is 17.9 Å². The van der Waals surface area contributed by atoms with Crippen LogP contribution in [0, 0.1) is 0 Å². The van der Waals surface area contributed by atoms with Crippen LogP contribution in [0.5, 0.6) is 5.75 Å². The lowest BCUT2D eigenvalue weighted by molar-refractivity contribution is 0.0475. The predicted octanol–water partition coefficient (Wildman–Crippen LogP) is 1.81. The third-order valence-electron chi connectivity index (χ3n) is 3.93. The second kappa shape index (κ2) is 8.20. The van der Waals surface area contributed by atoms with Crippen molar-refractivity contribution >= 4 is 33.1 Å². The Labute approximate surface area is 161 Å². The Morgan fingerprint density at radius 2 is 2.07 bits per heavy atom. The molecule has 0 bridgehead atoms. The van der Waals surface area contributed by atoms with Crippen molar-refractivity contribution in [1.82, 2.24) is 4.72 Å². The van der Waals surface area contributed by atoms with E-state index in [0.29, 0.717) is 23.5 Å². The summed E-state index contributed by atoms with van der Waals surface area (Å²) < 4.78 is 35.0. The summed E-state index contributed by atoms with van der Waals surface area (Å²) in [6, 6.07) is 8.51. The van der Waals surface area contributed by atoms with Crippen molar-refractivity contribution < 1.29 is 27.5 Å². The van der Waals surface area contributed by atoms with Gasteiger partial charge in [-0.15, -0.1) is 11.3 Å². The molecule has 0 atom stereocenters. The maximum atomic E-state index is 12.2. The van der Waals surface area contributed by atoms with Gasteiger partial charge < -0.3 is 9.47 Å². The van der Waals surface area contributed by atoms with Crippen molar-refractivity contribution in [2.24, 2.45) is 0 Å². The molecule has 144 valence electrons. The lowest BCUT2D eigenvalue weighted by atomic mass is 10.1. The minimum Gasteiger partial charge on any atom is -0.493 e. The van der Waals surface area contributed by atoms with E-state index in [1.165, 1.54) is 11.3 Å². The maximum Gasteiger partial charge on any atom is 0.338 e. The van der Waals surface area contributed by atoms with E-state index >= 15 is 0 Å². The van der Waals surface area contributed by atoms with E-state index in [1.54, 1.807) is 30.3 Å². The molecule has 0 fully saturated rings. The van der Waals surface area contributed by atoms with Gasteiger partial charge in [0, 0.05) is 17.8 Å². The van der Waals surface area contributed by atoms with Gasteiger partial charge in [0.25, 0.3) is 0 Å². The van der Waals surface area contributed by atoms with Gasteiger partial charge in [-0.05, 0) is 42.3 Å². The second-order valence-corrected chi connectivity index (χ2v) is 9.10. The van der Waals surface area contributed by atoms with Crippen LogP contribution < -0.4 is 9.46 Å². The van der Waals surface area contributed by atoms with Crippen LogP contribution in [0.2, 0.25) is 0 Å². The number of benzene rings is 1. The third-order valence-corrected chi connectivity index (χ3v) is 5.85. The van der Waals surface area contributed by atoms with Crippen LogP contribution in [0.25, 0.3) is 0 Å². The smallest absolute Gasteiger partial charge is 0.338 e. The molecule has 9 heteroatoms. The Balaban J connectivity index is 1.51. The normalized spacial score (nSPS) is 13.1. The van der Waals surface area contributed by atoms with Crippen molar-refractivity contribution in [2.45, 2.75) is 12.8 Å². The Hall–Kier alpha value is -2.23. The van der Waals surface area contributed by atoms with Gasteiger partial charge in [0.15, 0.2) is 6.61 Å². The molecule has 1 aliphatic heterocycles. The van der Waals surface area contributed by atoms with E-state index in [2.05, 4.69) is 4.72 Å². The fourth-order valence-electron chi connectivity index (χ4n) is 2.62. The quantitative estimate of drug-likeness (QED) is 0.527. The number of esters is 1. The van der Waals surface area contributed by atoms with Crippen molar-refractivity contribution in [2.75, 3.05) is 26.0 Å². The molecule has 1 N–H and O–H groups in total. The number of carbonyl (C=O) groups excluding carboxylic acids is 2. The molecule has 0 radical (unpaired) electrons. The number of Topliss-reactive ketones (excluding diaryl/α,β-unsaturated/α-hetero) is 1. The molecule has 2 aromatic rings. The Kier molecular flexibility index (Phi) is 5.93. The van der Waals surface area contributed by atoms with E-state index in [4.69, 9.17) is 9.47 Å². The number of hydrogen-bond acceptors (Lipinski definition) is 7. The summed E-state index contributed by atoms with van der Waals surface area (Å²) >= 11 is 1.26. The van der Waals surface area contributed by atoms with Crippen LogP contribution in [-0.2, 0) is 27.6 Å². The summed E-state index contributed by atoms with van der Waals surface area (Å²) in [5.41, 5.74) is 1.35. The van der Waals surface area contributed by atoms with E-state index in [0.717, 1.165) is 28.9 Å². The minimum absolute atomic E-state index is 0.268. The first kappa shape index (κ1) is 19.5. The van der Waals surface area contributed by atoms with E-state index in [-0.39, 0.29) is 18.9 Å². The summed E-state index contributed by atoms with van der Waals surface area (Å²) in [6.07, 6.45) is 2.34. The molecule has 0 saturated heterocycles. The van der Waals surface area contributed by atoms with Gasteiger partial charge in [-0.3, -0.25) is 4.79 Å². The van der Waals surface area contributed by atoms with E-state index in [9.17, 15) is 18.0 Å². The highest BCUT2D eigenvalue weighted by atomic mass is 32.2. The number of nitrogens with one attached hydrogen (secondary N) is 1.